The topological polar surface area (TPSA) is 66.9 Å². The lowest BCUT2D eigenvalue weighted by Gasteiger charge is -2.35. The molecule has 1 heterocycles. The Morgan fingerprint density at radius 3 is 2.30 bits per heavy atom. The van der Waals surface area contributed by atoms with Crippen LogP contribution in [0.2, 0.25) is 0 Å². The van der Waals surface area contributed by atoms with Crippen LogP contribution in [0.15, 0.2) is 35.7 Å². The summed E-state index contributed by atoms with van der Waals surface area (Å²) >= 11 is 0. The van der Waals surface area contributed by atoms with E-state index in [0.717, 1.165) is 11.1 Å². The quantitative estimate of drug-likeness (QED) is 0.785. The third-order valence-corrected chi connectivity index (χ3v) is 6.05. The number of allylic oxidation sites excluding steroid dienone is 1. The molecule has 6 nitrogen and oxygen atoms in total. The number of hydrogen-bond donors (Lipinski definition) is 0. The normalized spacial score (nSPS) is 16.5. The van der Waals surface area contributed by atoms with Crippen LogP contribution in [0.4, 0.5) is 4.79 Å². The number of benzene rings is 1. The average molecular weight is 393 g/mol. The molecule has 1 aliphatic rings. The Balaban J connectivity index is 2.13. The fourth-order valence-corrected chi connectivity index (χ4v) is 4.27. The molecule has 27 heavy (non-hydrogen) atoms. The van der Waals surface area contributed by atoms with E-state index in [0.29, 0.717) is 13.1 Å². The second kappa shape index (κ2) is 8.27. The predicted molar refractivity (Wildman–Crippen MR) is 108 cm³/mol. The number of carbonyl (C=O) groups excluding carboxylic acids is 1. The summed E-state index contributed by atoms with van der Waals surface area (Å²) in [5.74, 6) is 0. The van der Waals surface area contributed by atoms with Crippen LogP contribution >= 0.6 is 0 Å². The van der Waals surface area contributed by atoms with E-state index in [4.69, 9.17) is 4.74 Å². The van der Waals surface area contributed by atoms with Crippen LogP contribution in [0.25, 0.3) is 12.2 Å². The highest BCUT2D eigenvalue weighted by Gasteiger charge is 2.32. The van der Waals surface area contributed by atoms with Crippen molar-refractivity contribution in [3.05, 3.63) is 42.0 Å². The fourth-order valence-electron chi connectivity index (χ4n) is 2.81. The maximum atomic E-state index is 13.0. The van der Waals surface area contributed by atoms with Crippen LogP contribution in [0, 0.1) is 0 Å². The number of nitrogens with zero attached hydrogens (tertiary/aromatic N) is 2. The van der Waals surface area contributed by atoms with Crippen LogP contribution in [0.1, 0.15) is 38.8 Å². The van der Waals surface area contributed by atoms with E-state index >= 15 is 0 Å². The van der Waals surface area contributed by atoms with Gasteiger partial charge in [0.1, 0.15) is 5.60 Å². The van der Waals surface area contributed by atoms with Crippen molar-refractivity contribution in [3.63, 3.8) is 0 Å². The summed E-state index contributed by atoms with van der Waals surface area (Å²) in [6, 6.07) is 5.02. The lowest BCUT2D eigenvalue weighted by Crippen LogP contribution is -2.51. The van der Waals surface area contributed by atoms with Crippen molar-refractivity contribution in [1.82, 2.24) is 9.21 Å². The number of ether oxygens (including phenoxy) is 1. The Bertz CT molecular complexity index is 830. The number of rotatable bonds is 4. The van der Waals surface area contributed by atoms with Gasteiger partial charge in [-0.15, -0.1) is 0 Å². The van der Waals surface area contributed by atoms with Crippen LogP contribution in [0.3, 0.4) is 0 Å². The molecule has 0 aliphatic carbocycles. The molecule has 0 atom stereocenters. The molecule has 148 valence electrons. The Morgan fingerprint density at radius 1 is 1.15 bits per heavy atom. The van der Waals surface area contributed by atoms with Crippen LogP contribution in [-0.4, -0.2) is 55.5 Å². The summed E-state index contributed by atoms with van der Waals surface area (Å²) in [7, 11) is -3.63. The minimum Gasteiger partial charge on any atom is -0.444 e. The monoisotopic (exact) mass is 392 g/mol. The first kappa shape index (κ1) is 21.2. The van der Waals surface area contributed by atoms with Gasteiger partial charge < -0.3 is 9.64 Å². The summed E-state index contributed by atoms with van der Waals surface area (Å²) in [6.45, 7) is 12.2. The maximum Gasteiger partial charge on any atom is 0.410 e. The van der Waals surface area contributed by atoms with Gasteiger partial charge in [-0.05, 0) is 51.0 Å². The molecule has 0 aromatic heterocycles. The van der Waals surface area contributed by atoms with E-state index in [1.807, 2.05) is 19.1 Å². The van der Waals surface area contributed by atoms with Crippen molar-refractivity contribution in [2.24, 2.45) is 0 Å². The van der Waals surface area contributed by atoms with Crippen molar-refractivity contribution >= 4 is 28.3 Å². The first-order valence-electron chi connectivity index (χ1n) is 8.96. The molecule has 7 heteroatoms. The summed E-state index contributed by atoms with van der Waals surface area (Å²) in [6.07, 6.45) is 5.04. The molecule has 0 N–H and O–H groups in total. The van der Waals surface area contributed by atoms with E-state index in [1.165, 1.54) is 4.31 Å². The van der Waals surface area contributed by atoms with Crippen LogP contribution < -0.4 is 0 Å². The van der Waals surface area contributed by atoms with E-state index < -0.39 is 21.7 Å². The fraction of sp³-hybridized carbons (Fsp3) is 0.450. The molecular weight excluding hydrogens is 364 g/mol. The molecule has 2 rings (SSSR count). The van der Waals surface area contributed by atoms with Gasteiger partial charge in [-0.3, -0.25) is 0 Å². The number of piperazine rings is 1. The van der Waals surface area contributed by atoms with Gasteiger partial charge in [0.2, 0.25) is 10.0 Å². The minimum absolute atomic E-state index is 0.233. The number of carbonyl (C=O) groups is 1. The zero-order valence-corrected chi connectivity index (χ0v) is 17.3. The third kappa shape index (κ3) is 5.20. The molecule has 0 spiro atoms. The molecule has 0 saturated carbocycles. The Morgan fingerprint density at radius 2 is 1.78 bits per heavy atom. The van der Waals surface area contributed by atoms with Gasteiger partial charge in [-0.2, -0.15) is 4.31 Å². The third-order valence-electron chi connectivity index (χ3n) is 4.15. The molecule has 1 aromatic carbocycles. The van der Waals surface area contributed by atoms with Gasteiger partial charge in [0, 0.05) is 26.2 Å². The van der Waals surface area contributed by atoms with Gasteiger partial charge in [-0.1, -0.05) is 30.9 Å². The largest absolute Gasteiger partial charge is 0.444 e. The standard InChI is InChI=1S/C20H28N2O4S/c1-6-8-17-9-10-18(15-16(17)7-2)27(24,25)22-13-11-21(12-14-22)19(23)26-20(3,4)5/h6-10,15H,2,11-14H2,1,3-5H3/b8-6-. The molecule has 1 aromatic rings. The molecule has 1 fully saturated rings. The zero-order chi connectivity index (χ0) is 20.2. The molecule has 0 radical (unpaired) electrons. The first-order valence-corrected chi connectivity index (χ1v) is 10.4. The molecule has 1 aliphatic heterocycles. The second-order valence-electron chi connectivity index (χ2n) is 7.37. The molecule has 1 saturated heterocycles. The highest BCUT2D eigenvalue weighted by atomic mass is 32.2. The lowest BCUT2D eigenvalue weighted by molar-refractivity contribution is 0.0192. The SMILES string of the molecule is C=Cc1cc(S(=O)(=O)N2CCN(C(=O)OC(C)(C)C)CC2)ccc1/C=C\C. The summed E-state index contributed by atoms with van der Waals surface area (Å²) < 4.78 is 32.7. The van der Waals surface area contributed by atoms with Crippen molar-refractivity contribution in [2.75, 3.05) is 26.2 Å². The smallest absolute Gasteiger partial charge is 0.410 e. The average Bonchev–Trinajstić information content (AvgIpc) is 2.61. The zero-order valence-electron chi connectivity index (χ0n) is 16.4. The maximum absolute atomic E-state index is 13.0. The van der Waals surface area contributed by atoms with Gasteiger partial charge in [0.05, 0.1) is 4.90 Å². The van der Waals surface area contributed by atoms with Crippen molar-refractivity contribution in [2.45, 2.75) is 38.2 Å². The second-order valence-corrected chi connectivity index (χ2v) is 9.30. The van der Waals surface area contributed by atoms with Crippen molar-refractivity contribution in [1.29, 1.82) is 0 Å². The summed E-state index contributed by atoms with van der Waals surface area (Å²) in [5.41, 5.74) is 1.11. The Kier molecular flexibility index (Phi) is 6.49. The van der Waals surface area contributed by atoms with Crippen LogP contribution in [0.5, 0.6) is 0 Å². The Labute approximate surface area is 162 Å². The van der Waals surface area contributed by atoms with Gasteiger partial charge in [0.25, 0.3) is 0 Å². The lowest BCUT2D eigenvalue weighted by atomic mass is 10.1. The van der Waals surface area contributed by atoms with Gasteiger partial charge in [0.15, 0.2) is 0 Å². The molecule has 0 unspecified atom stereocenters. The number of amides is 1. The predicted octanol–water partition coefficient (Wildman–Crippen LogP) is 3.60. The Hall–Kier alpha value is -2.12. The van der Waals surface area contributed by atoms with Gasteiger partial charge in [-0.25, -0.2) is 13.2 Å². The summed E-state index contributed by atoms with van der Waals surface area (Å²) in [5, 5.41) is 0. The minimum atomic E-state index is -3.63. The number of sulfonamides is 1. The molecular formula is C20H28N2O4S. The van der Waals surface area contributed by atoms with E-state index in [2.05, 4.69) is 6.58 Å². The van der Waals surface area contributed by atoms with E-state index in [-0.39, 0.29) is 18.0 Å². The van der Waals surface area contributed by atoms with Crippen LogP contribution in [-0.2, 0) is 14.8 Å². The summed E-state index contributed by atoms with van der Waals surface area (Å²) in [4.78, 5) is 13.9. The van der Waals surface area contributed by atoms with Crippen molar-refractivity contribution in [3.8, 4) is 0 Å². The first-order chi connectivity index (χ1) is 12.6. The van der Waals surface area contributed by atoms with Gasteiger partial charge >= 0.3 is 6.09 Å². The van der Waals surface area contributed by atoms with E-state index in [9.17, 15) is 13.2 Å². The van der Waals surface area contributed by atoms with E-state index in [1.54, 1.807) is 49.9 Å². The number of hydrogen-bond acceptors (Lipinski definition) is 4. The molecule has 1 amide bonds. The highest BCUT2D eigenvalue weighted by Crippen LogP contribution is 2.23. The molecule has 0 bridgehead atoms. The van der Waals surface area contributed by atoms with Crippen molar-refractivity contribution < 1.29 is 17.9 Å². The highest BCUT2D eigenvalue weighted by molar-refractivity contribution is 7.89.